The average molecular weight is 536 g/mol. The van der Waals surface area contributed by atoms with Crippen molar-refractivity contribution in [2.45, 2.75) is 72.7 Å². The second-order valence-corrected chi connectivity index (χ2v) is 16.2. The number of halogens is 1. The Labute approximate surface area is 196 Å². The monoisotopic (exact) mass is 535 g/mol. The van der Waals surface area contributed by atoms with E-state index < -0.39 is 8.24 Å². The minimum absolute atomic E-state index is 0.111. The van der Waals surface area contributed by atoms with Crippen molar-refractivity contribution < 1.29 is 0 Å². The summed E-state index contributed by atoms with van der Waals surface area (Å²) in [5.74, 6) is 2.14. The van der Waals surface area contributed by atoms with Gasteiger partial charge in [-0.05, 0) is 60.5 Å². The largest absolute Gasteiger partial charge is 0.329 e. The van der Waals surface area contributed by atoms with Crippen LogP contribution in [0.2, 0.25) is 12.1 Å². The summed E-state index contributed by atoms with van der Waals surface area (Å²) in [5, 5.41) is 2.26. The van der Waals surface area contributed by atoms with Gasteiger partial charge in [-0.3, -0.25) is 0 Å². The molecule has 1 fully saturated rings. The average Bonchev–Trinajstić information content (AvgIpc) is 3.15. The van der Waals surface area contributed by atoms with Crippen molar-refractivity contribution in [2.24, 2.45) is 11.8 Å². The fourth-order valence-electron chi connectivity index (χ4n) is 6.01. The molecule has 0 amide bonds. The van der Waals surface area contributed by atoms with Crippen LogP contribution in [0.25, 0.3) is 0 Å². The van der Waals surface area contributed by atoms with Crippen molar-refractivity contribution in [3.05, 3.63) is 59.7 Å². The maximum Gasteiger partial charge on any atom is 0.159 e. The van der Waals surface area contributed by atoms with Gasteiger partial charge in [-0.15, -0.1) is 11.8 Å². The van der Waals surface area contributed by atoms with E-state index in [1.165, 1.54) is 10.5 Å². The summed E-state index contributed by atoms with van der Waals surface area (Å²) in [5.41, 5.74) is 3.86. The molecule has 4 heteroatoms. The van der Waals surface area contributed by atoms with Crippen LogP contribution in [0.1, 0.15) is 51.7 Å². The number of alkyl halides is 1. The van der Waals surface area contributed by atoms with E-state index in [1.807, 2.05) is 0 Å². The van der Waals surface area contributed by atoms with Crippen LogP contribution in [0, 0.1) is 11.8 Å². The van der Waals surface area contributed by atoms with Crippen molar-refractivity contribution in [3.63, 3.8) is 0 Å². The molecule has 1 nitrogen and oxygen atoms in total. The lowest BCUT2D eigenvalue weighted by molar-refractivity contribution is 0.414. The molecule has 0 radical (unpaired) electrons. The predicted molar refractivity (Wildman–Crippen MR) is 139 cm³/mol. The minimum Gasteiger partial charge on any atom is -0.329 e. The molecule has 0 aromatic heterocycles. The Balaban J connectivity index is 1.80. The van der Waals surface area contributed by atoms with E-state index in [4.69, 9.17) is 0 Å². The molecule has 0 spiro atoms. The summed E-state index contributed by atoms with van der Waals surface area (Å²) in [7, 11) is -1.97. The highest BCUT2D eigenvalue weighted by atomic mass is 127. The highest BCUT2D eigenvalue weighted by Gasteiger charge is 2.59. The molecule has 4 rings (SSSR count). The third-order valence-electron chi connectivity index (χ3n) is 7.22. The van der Waals surface area contributed by atoms with E-state index in [2.05, 4.69) is 129 Å². The molecule has 1 aliphatic carbocycles. The van der Waals surface area contributed by atoms with E-state index >= 15 is 0 Å². The van der Waals surface area contributed by atoms with Gasteiger partial charge in [0.05, 0.1) is 0 Å². The van der Waals surface area contributed by atoms with E-state index in [1.54, 1.807) is 10.8 Å². The molecule has 1 N–H and O–H groups in total. The first-order valence-electron chi connectivity index (χ1n) is 10.9. The summed E-state index contributed by atoms with van der Waals surface area (Å²) in [4.78, 5) is 5.77. The zero-order chi connectivity index (χ0) is 21.0. The molecule has 2 aliphatic rings. The van der Waals surface area contributed by atoms with Crippen molar-refractivity contribution in [1.29, 1.82) is 0 Å². The van der Waals surface area contributed by atoms with Gasteiger partial charge in [-0.1, -0.05) is 85.4 Å². The lowest BCUT2D eigenvalue weighted by atomic mass is 9.87. The standard InChI is InChI=1S/C25H34INSSi/c1-16-17(2)24(23-22(16)20-9-7-8-10-21(20)28-23)29(6,27-25(3,4)5)19-13-11-18(15-26)12-14-19/h7-14,16-17,22-24,27H,15H2,1-6H3. The van der Waals surface area contributed by atoms with Gasteiger partial charge in [-0.2, -0.15) is 0 Å². The van der Waals surface area contributed by atoms with Gasteiger partial charge in [0.15, 0.2) is 8.24 Å². The van der Waals surface area contributed by atoms with E-state index in [0.29, 0.717) is 16.7 Å². The molecule has 1 aliphatic heterocycles. The number of thioether (sulfide) groups is 1. The lowest BCUT2D eigenvalue weighted by Gasteiger charge is -2.44. The number of benzene rings is 2. The molecule has 29 heavy (non-hydrogen) atoms. The third kappa shape index (κ3) is 3.88. The molecule has 1 saturated carbocycles. The first-order chi connectivity index (χ1) is 13.7. The zero-order valence-corrected chi connectivity index (χ0v) is 22.5. The predicted octanol–water partition coefficient (Wildman–Crippen LogP) is 6.71. The molecular weight excluding hydrogens is 501 g/mol. The van der Waals surface area contributed by atoms with Crippen molar-refractivity contribution in [2.75, 3.05) is 0 Å². The number of hydrogen-bond donors (Lipinski definition) is 1. The number of hydrogen-bond acceptors (Lipinski definition) is 2. The molecule has 2 aromatic carbocycles. The van der Waals surface area contributed by atoms with Crippen LogP contribution in [0.4, 0.5) is 0 Å². The summed E-state index contributed by atoms with van der Waals surface area (Å²) >= 11 is 4.64. The second kappa shape index (κ2) is 7.99. The number of nitrogens with one attached hydrogen (secondary N) is 1. The first kappa shape index (κ1) is 21.9. The Morgan fingerprint density at radius 2 is 1.66 bits per heavy atom. The smallest absolute Gasteiger partial charge is 0.159 e. The Bertz CT molecular complexity index is 877. The van der Waals surface area contributed by atoms with E-state index in [-0.39, 0.29) is 5.54 Å². The maximum atomic E-state index is 4.24. The normalized spacial score (nSPS) is 30.7. The third-order valence-corrected chi connectivity index (χ3v) is 14.8. The van der Waals surface area contributed by atoms with Crippen molar-refractivity contribution in [1.82, 2.24) is 4.98 Å². The van der Waals surface area contributed by atoms with Crippen LogP contribution >= 0.6 is 34.4 Å². The lowest BCUT2D eigenvalue weighted by Crippen LogP contribution is -2.68. The quantitative estimate of drug-likeness (QED) is 0.266. The maximum absolute atomic E-state index is 4.24. The van der Waals surface area contributed by atoms with Gasteiger partial charge < -0.3 is 4.98 Å². The van der Waals surface area contributed by atoms with Crippen molar-refractivity contribution >= 4 is 47.8 Å². The highest BCUT2D eigenvalue weighted by Crippen LogP contribution is 2.64. The van der Waals surface area contributed by atoms with Crippen LogP contribution < -0.4 is 10.2 Å². The van der Waals surface area contributed by atoms with Gasteiger partial charge in [-0.25, -0.2) is 0 Å². The zero-order valence-electron chi connectivity index (χ0n) is 18.5. The van der Waals surface area contributed by atoms with Gasteiger partial charge in [0.2, 0.25) is 0 Å². The summed E-state index contributed by atoms with van der Waals surface area (Å²) in [6.07, 6.45) is 0. The molecule has 156 valence electrons. The fraction of sp³-hybridized carbons (Fsp3) is 0.520. The Morgan fingerprint density at radius 3 is 2.28 bits per heavy atom. The molecule has 6 atom stereocenters. The Hall–Kier alpha value is -0.303. The Morgan fingerprint density at radius 1 is 1.00 bits per heavy atom. The molecule has 0 saturated heterocycles. The number of rotatable bonds is 4. The molecule has 6 unspecified atom stereocenters. The summed E-state index contributed by atoms with van der Waals surface area (Å²) in [6, 6.07) is 18.8. The van der Waals surface area contributed by atoms with E-state index in [9.17, 15) is 0 Å². The molecule has 0 bridgehead atoms. The van der Waals surface area contributed by atoms with Crippen LogP contribution in [-0.2, 0) is 4.43 Å². The Kier molecular flexibility index (Phi) is 6.04. The minimum atomic E-state index is -1.97. The topological polar surface area (TPSA) is 12.0 Å². The van der Waals surface area contributed by atoms with Gasteiger partial charge in [0.25, 0.3) is 0 Å². The van der Waals surface area contributed by atoms with Crippen LogP contribution in [0.5, 0.6) is 0 Å². The molecule has 2 aromatic rings. The van der Waals surface area contributed by atoms with Crippen molar-refractivity contribution in [3.8, 4) is 0 Å². The summed E-state index contributed by atoms with van der Waals surface area (Å²) in [6.45, 7) is 14.7. The molecular formula is C25H34INSSi. The summed E-state index contributed by atoms with van der Waals surface area (Å²) < 4.78 is 1.08. The fourth-order valence-corrected chi connectivity index (χ4v) is 14.6. The molecule has 1 heterocycles. The number of fused-ring (bicyclic) bond motifs is 3. The van der Waals surface area contributed by atoms with Crippen LogP contribution in [-0.4, -0.2) is 19.0 Å². The van der Waals surface area contributed by atoms with Gasteiger partial charge in [0, 0.05) is 26.0 Å². The van der Waals surface area contributed by atoms with Gasteiger partial charge >= 0.3 is 0 Å². The second-order valence-electron chi connectivity index (χ2n) is 10.3. The van der Waals surface area contributed by atoms with Gasteiger partial charge in [0.1, 0.15) is 0 Å². The van der Waals surface area contributed by atoms with E-state index in [0.717, 1.165) is 16.3 Å². The van der Waals surface area contributed by atoms with Crippen LogP contribution in [0.3, 0.4) is 0 Å². The first-order valence-corrected chi connectivity index (χ1v) is 15.8. The SMILES string of the molecule is CC1C(C)C([Si](C)(NC(C)(C)C)c2ccc(CI)cc2)C2Sc3ccccc3C12. The van der Waals surface area contributed by atoms with Crippen LogP contribution in [0.15, 0.2) is 53.4 Å². The highest BCUT2D eigenvalue weighted by molar-refractivity contribution is 14.1.